The number of nitro benzene ring substituents is 1. The molecule has 0 saturated heterocycles. The molecule has 0 aliphatic carbocycles. The Morgan fingerprint density at radius 1 is 1.29 bits per heavy atom. The van der Waals surface area contributed by atoms with Crippen LogP contribution in [0.5, 0.6) is 5.75 Å². The van der Waals surface area contributed by atoms with Gasteiger partial charge >= 0.3 is 0 Å². The second-order valence-electron chi connectivity index (χ2n) is 6.37. The van der Waals surface area contributed by atoms with Crippen molar-refractivity contribution in [1.29, 1.82) is 0 Å². The SMILES string of the molecule is CNC(=O)[C@H]1CN(CC(=O)Nc2cc([N+](=O)[O-])ccc2C)c2ccccc2O1. The van der Waals surface area contributed by atoms with Gasteiger partial charge in [-0.05, 0) is 24.6 Å². The van der Waals surface area contributed by atoms with Crippen molar-refractivity contribution in [2.24, 2.45) is 0 Å². The lowest BCUT2D eigenvalue weighted by atomic mass is 10.1. The molecule has 1 aliphatic heterocycles. The largest absolute Gasteiger partial charge is 0.477 e. The van der Waals surface area contributed by atoms with Gasteiger partial charge < -0.3 is 20.3 Å². The lowest BCUT2D eigenvalue weighted by molar-refractivity contribution is -0.384. The number of hydrogen-bond donors (Lipinski definition) is 2. The molecule has 1 aliphatic rings. The molecule has 0 aromatic heterocycles. The second-order valence-corrected chi connectivity index (χ2v) is 6.37. The molecule has 28 heavy (non-hydrogen) atoms. The number of carbonyl (C=O) groups excluding carboxylic acids is 2. The number of carbonyl (C=O) groups is 2. The van der Waals surface area contributed by atoms with Gasteiger partial charge in [0.15, 0.2) is 6.10 Å². The number of fused-ring (bicyclic) bond motifs is 1. The highest BCUT2D eigenvalue weighted by Crippen LogP contribution is 2.33. The molecule has 0 spiro atoms. The van der Waals surface area contributed by atoms with Crippen molar-refractivity contribution in [3.8, 4) is 5.75 Å². The first kappa shape index (κ1) is 19.2. The smallest absolute Gasteiger partial charge is 0.271 e. The topological polar surface area (TPSA) is 114 Å². The fourth-order valence-electron chi connectivity index (χ4n) is 2.98. The minimum absolute atomic E-state index is 0.0317. The predicted octanol–water partition coefficient (Wildman–Crippen LogP) is 1.86. The van der Waals surface area contributed by atoms with Crippen LogP contribution in [-0.2, 0) is 9.59 Å². The number of ether oxygens (including phenoxy) is 1. The number of nitrogens with one attached hydrogen (secondary N) is 2. The minimum Gasteiger partial charge on any atom is -0.477 e. The average Bonchev–Trinajstić information content (AvgIpc) is 2.68. The Labute approximate surface area is 161 Å². The molecule has 0 saturated carbocycles. The number of aryl methyl sites for hydroxylation is 1. The molecule has 2 aromatic rings. The van der Waals surface area contributed by atoms with Gasteiger partial charge in [0, 0.05) is 19.2 Å². The first-order valence-corrected chi connectivity index (χ1v) is 8.66. The van der Waals surface area contributed by atoms with Crippen molar-refractivity contribution < 1.29 is 19.2 Å². The van der Waals surface area contributed by atoms with E-state index in [1.807, 2.05) is 6.07 Å². The molecule has 0 fully saturated rings. The molecule has 2 aromatic carbocycles. The molecule has 9 nitrogen and oxygen atoms in total. The number of anilines is 2. The van der Waals surface area contributed by atoms with Crippen molar-refractivity contribution in [3.05, 3.63) is 58.1 Å². The van der Waals surface area contributed by atoms with Crippen molar-refractivity contribution in [2.75, 3.05) is 30.4 Å². The molecule has 2 N–H and O–H groups in total. The lowest BCUT2D eigenvalue weighted by Crippen LogP contribution is -2.50. The van der Waals surface area contributed by atoms with Crippen LogP contribution in [0.25, 0.3) is 0 Å². The maximum Gasteiger partial charge on any atom is 0.271 e. The summed E-state index contributed by atoms with van der Waals surface area (Å²) in [7, 11) is 1.52. The number of non-ortho nitro benzene ring substituents is 1. The molecular formula is C19H20N4O5. The number of amides is 2. The maximum absolute atomic E-state index is 12.6. The third-order valence-corrected chi connectivity index (χ3v) is 4.44. The van der Waals surface area contributed by atoms with Crippen LogP contribution in [0.1, 0.15) is 5.56 Å². The van der Waals surface area contributed by atoms with Gasteiger partial charge in [-0.2, -0.15) is 0 Å². The summed E-state index contributed by atoms with van der Waals surface area (Å²) in [5.41, 5.74) is 1.69. The zero-order valence-corrected chi connectivity index (χ0v) is 15.5. The predicted molar refractivity (Wildman–Crippen MR) is 104 cm³/mol. The highest BCUT2D eigenvalue weighted by atomic mass is 16.6. The summed E-state index contributed by atoms with van der Waals surface area (Å²) >= 11 is 0. The van der Waals surface area contributed by atoms with Crippen molar-refractivity contribution in [3.63, 3.8) is 0 Å². The molecule has 2 amide bonds. The number of benzene rings is 2. The third-order valence-electron chi connectivity index (χ3n) is 4.44. The number of nitrogens with zero attached hydrogens (tertiary/aromatic N) is 2. The Morgan fingerprint density at radius 2 is 2.04 bits per heavy atom. The van der Waals surface area contributed by atoms with Gasteiger partial charge in [0.05, 0.1) is 29.4 Å². The Morgan fingerprint density at radius 3 is 2.75 bits per heavy atom. The van der Waals surface area contributed by atoms with Crippen LogP contribution in [0, 0.1) is 17.0 Å². The van der Waals surface area contributed by atoms with Crippen molar-refractivity contribution in [2.45, 2.75) is 13.0 Å². The minimum atomic E-state index is -0.743. The molecule has 0 bridgehead atoms. The normalized spacial score (nSPS) is 15.2. The first-order chi connectivity index (χ1) is 13.4. The van der Waals surface area contributed by atoms with Crippen LogP contribution in [0.4, 0.5) is 17.1 Å². The van der Waals surface area contributed by atoms with E-state index in [9.17, 15) is 19.7 Å². The average molecular weight is 384 g/mol. The number of hydrogen-bond acceptors (Lipinski definition) is 6. The zero-order valence-electron chi connectivity index (χ0n) is 15.5. The Hall–Kier alpha value is -3.62. The zero-order chi connectivity index (χ0) is 20.3. The van der Waals surface area contributed by atoms with Crippen LogP contribution in [0.15, 0.2) is 42.5 Å². The number of nitro groups is 1. The Balaban J connectivity index is 1.78. The Bertz CT molecular complexity index is 930. The molecule has 0 radical (unpaired) electrons. The highest BCUT2D eigenvalue weighted by molar-refractivity contribution is 5.95. The van der Waals surface area contributed by atoms with Gasteiger partial charge in [-0.25, -0.2) is 0 Å². The summed E-state index contributed by atoms with van der Waals surface area (Å²) in [6.45, 7) is 1.93. The third kappa shape index (κ3) is 4.03. The van der Waals surface area contributed by atoms with Gasteiger partial charge in [0.2, 0.25) is 5.91 Å². The van der Waals surface area contributed by atoms with Gasteiger partial charge in [-0.1, -0.05) is 18.2 Å². The molecule has 9 heteroatoms. The fourth-order valence-corrected chi connectivity index (χ4v) is 2.98. The van der Waals surface area contributed by atoms with E-state index in [1.54, 1.807) is 36.1 Å². The standard InChI is InChI=1S/C19H20N4O5/c1-12-7-8-13(23(26)27)9-14(12)21-18(24)11-22-10-17(19(25)20-2)28-16-6-4-3-5-15(16)22/h3-9,17H,10-11H2,1-2H3,(H,20,25)(H,21,24)/t17-/m1/s1. The van der Waals surface area contributed by atoms with E-state index in [0.717, 1.165) is 0 Å². The van der Waals surface area contributed by atoms with Crippen molar-refractivity contribution in [1.82, 2.24) is 5.32 Å². The lowest BCUT2D eigenvalue weighted by Gasteiger charge is -2.35. The van der Waals surface area contributed by atoms with Crippen molar-refractivity contribution >= 4 is 28.9 Å². The highest BCUT2D eigenvalue weighted by Gasteiger charge is 2.31. The van der Waals surface area contributed by atoms with Crippen LogP contribution < -0.4 is 20.3 Å². The Kier molecular flexibility index (Phi) is 5.44. The summed E-state index contributed by atoms with van der Waals surface area (Å²) in [5, 5.41) is 16.2. The summed E-state index contributed by atoms with van der Waals surface area (Å²) in [4.78, 5) is 36.8. The van der Waals surface area contributed by atoms with Gasteiger partial charge in [-0.3, -0.25) is 19.7 Å². The maximum atomic E-state index is 12.6. The van der Waals surface area contributed by atoms with E-state index in [0.29, 0.717) is 22.7 Å². The quantitative estimate of drug-likeness (QED) is 0.601. The van der Waals surface area contributed by atoms with E-state index >= 15 is 0 Å². The van der Waals surface area contributed by atoms with Crippen LogP contribution in [0.2, 0.25) is 0 Å². The second kappa shape index (κ2) is 7.95. The van der Waals surface area contributed by atoms with Crippen LogP contribution in [0.3, 0.4) is 0 Å². The summed E-state index contributed by atoms with van der Waals surface area (Å²) in [6, 6.07) is 11.4. The molecule has 146 valence electrons. The molecule has 0 unspecified atom stereocenters. The van der Waals surface area contributed by atoms with Crippen LogP contribution in [-0.4, -0.2) is 43.0 Å². The van der Waals surface area contributed by atoms with Crippen LogP contribution >= 0.6 is 0 Å². The first-order valence-electron chi connectivity index (χ1n) is 8.66. The monoisotopic (exact) mass is 384 g/mol. The van der Waals surface area contributed by atoms with E-state index in [2.05, 4.69) is 10.6 Å². The van der Waals surface area contributed by atoms with E-state index in [-0.39, 0.29) is 30.6 Å². The van der Waals surface area contributed by atoms with Gasteiger partial charge in [-0.15, -0.1) is 0 Å². The molecule has 1 atom stereocenters. The van der Waals surface area contributed by atoms with E-state index < -0.39 is 11.0 Å². The van der Waals surface area contributed by atoms with Gasteiger partial charge in [0.1, 0.15) is 5.75 Å². The molecular weight excluding hydrogens is 364 g/mol. The summed E-state index contributed by atoms with van der Waals surface area (Å²) in [6.07, 6.45) is -0.743. The molecule has 3 rings (SSSR count). The summed E-state index contributed by atoms with van der Waals surface area (Å²) in [5.74, 6) is -0.118. The fraction of sp³-hybridized carbons (Fsp3) is 0.263. The molecule has 1 heterocycles. The van der Waals surface area contributed by atoms with Gasteiger partial charge in [0.25, 0.3) is 11.6 Å². The van der Waals surface area contributed by atoms with E-state index in [4.69, 9.17) is 4.74 Å². The van der Waals surface area contributed by atoms with E-state index in [1.165, 1.54) is 19.2 Å². The number of rotatable bonds is 5. The number of likely N-dealkylation sites (N-methyl/N-ethyl adjacent to an activating group) is 1. The summed E-state index contributed by atoms with van der Waals surface area (Å²) < 4.78 is 5.72. The number of para-hydroxylation sites is 2.